The van der Waals surface area contributed by atoms with Gasteiger partial charge in [-0.05, 0) is 84.3 Å². The van der Waals surface area contributed by atoms with Crippen LogP contribution in [0.1, 0.15) is 5.56 Å². The van der Waals surface area contributed by atoms with Crippen LogP contribution < -0.4 is 19.1 Å². The summed E-state index contributed by atoms with van der Waals surface area (Å²) in [5, 5.41) is 1.72. The zero-order chi connectivity index (χ0) is 28.8. The Hall–Kier alpha value is -5.00. The average Bonchev–Trinajstić information content (AvgIpc) is 3.03. The topological polar surface area (TPSA) is 43.8 Å². The number of halogens is 1. The smallest absolute Gasteiger partial charge is 0.151 e. The predicted molar refractivity (Wildman–Crippen MR) is 170 cm³/mol. The highest BCUT2D eigenvalue weighted by Gasteiger charge is 2.28. The number of nitrogens with zero attached hydrogens (tertiary/aromatic N) is 2. The lowest BCUT2D eigenvalue weighted by Gasteiger charge is -2.33. The van der Waals surface area contributed by atoms with Crippen LogP contribution in [0.2, 0.25) is 5.02 Å². The first kappa shape index (κ1) is 25.9. The Morgan fingerprint density at radius 2 is 1.29 bits per heavy atom. The Bertz CT molecular complexity index is 1900. The molecule has 5 aromatic carbocycles. The molecule has 5 nitrogen and oxygen atoms in total. The minimum absolute atomic E-state index is 0.676. The Kier molecular flexibility index (Phi) is 6.45. The van der Waals surface area contributed by atoms with Gasteiger partial charge in [-0.3, -0.25) is 0 Å². The third kappa shape index (κ3) is 4.39. The van der Waals surface area contributed by atoms with Gasteiger partial charge in [0.05, 0.1) is 42.5 Å². The molecule has 0 bridgehead atoms. The Balaban J connectivity index is 1.58. The second kappa shape index (κ2) is 10.4. The molecule has 0 spiro atoms. The van der Waals surface area contributed by atoms with E-state index in [2.05, 4.69) is 42.2 Å². The summed E-state index contributed by atoms with van der Waals surface area (Å²) < 4.78 is 17.6. The minimum Gasteiger partial charge on any atom is -0.497 e. The zero-order valence-electron chi connectivity index (χ0n) is 23.4. The van der Waals surface area contributed by atoms with Crippen molar-refractivity contribution in [3.05, 3.63) is 120 Å². The lowest BCUT2D eigenvalue weighted by Crippen LogP contribution is -2.16. The molecule has 0 amide bonds. The molecule has 7 rings (SSSR count). The number of methoxy groups -OCH3 is 2. The van der Waals surface area contributed by atoms with E-state index >= 15 is 0 Å². The van der Waals surface area contributed by atoms with E-state index in [-0.39, 0.29) is 0 Å². The van der Waals surface area contributed by atoms with Gasteiger partial charge < -0.3 is 19.1 Å². The standard InChI is InChI=1S/C36H27ClN2O3/c1-22-12-17-32(39-30-8-4-6-10-33(30)42-34-11-7-5-9-31(34)39)36-35(22)28(24-18-26(40-2)20-27(19-24)41-3)21-29(38-36)23-13-15-25(37)16-14-23/h4-21H,1-3H3. The molecule has 42 heavy (non-hydrogen) atoms. The number of hydrogen-bond donors (Lipinski definition) is 0. The van der Waals surface area contributed by atoms with E-state index in [0.717, 1.165) is 67.4 Å². The third-order valence-electron chi connectivity index (χ3n) is 7.62. The highest BCUT2D eigenvalue weighted by molar-refractivity contribution is 6.30. The molecule has 2 heterocycles. The molecule has 0 N–H and O–H groups in total. The van der Waals surface area contributed by atoms with Crippen LogP contribution in [0.15, 0.2) is 109 Å². The van der Waals surface area contributed by atoms with Gasteiger partial charge in [0.1, 0.15) is 11.5 Å². The summed E-state index contributed by atoms with van der Waals surface area (Å²) >= 11 is 6.26. The van der Waals surface area contributed by atoms with Crippen LogP contribution in [-0.2, 0) is 0 Å². The van der Waals surface area contributed by atoms with Crippen molar-refractivity contribution in [1.29, 1.82) is 0 Å². The quantitative estimate of drug-likeness (QED) is 0.206. The molecule has 0 unspecified atom stereocenters. The number of rotatable bonds is 5. The normalized spacial score (nSPS) is 12.0. The van der Waals surface area contributed by atoms with E-state index in [1.807, 2.05) is 78.9 Å². The van der Waals surface area contributed by atoms with Gasteiger partial charge in [0.2, 0.25) is 0 Å². The Morgan fingerprint density at radius 3 is 1.90 bits per heavy atom. The van der Waals surface area contributed by atoms with E-state index in [0.29, 0.717) is 16.5 Å². The lowest BCUT2D eigenvalue weighted by atomic mass is 9.94. The van der Waals surface area contributed by atoms with Crippen LogP contribution in [0.5, 0.6) is 23.0 Å². The minimum atomic E-state index is 0.676. The van der Waals surface area contributed by atoms with Crippen LogP contribution in [0.4, 0.5) is 17.1 Å². The van der Waals surface area contributed by atoms with Crippen molar-refractivity contribution >= 4 is 39.6 Å². The number of pyridine rings is 1. The van der Waals surface area contributed by atoms with Gasteiger partial charge in [0.25, 0.3) is 0 Å². The second-order valence-corrected chi connectivity index (χ2v) is 10.6. The first-order chi connectivity index (χ1) is 20.5. The summed E-state index contributed by atoms with van der Waals surface area (Å²) in [7, 11) is 3.33. The summed E-state index contributed by atoms with van der Waals surface area (Å²) in [5.41, 5.74) is 8.61. The monoisotopic (exact) mass is 570 g/mol. The van der Waals surface area contributed by atoms with Crippen molar-refractivity contribution < 1.29 is 14.2 Å². The molecule has 6 aromatic rings. The van der Waals surface area contributed by atoms with Gasteiger partial charge in [-0.1, -0.05) is 54.1 Å². The molecular formula is C36H27ClN2O3. The first-order valence-electron chi connectivity index (χ1n) is 13.6. The number of hydrogen-bond acceptors (Lipinski definition) is 5. The number of benzene rings is 5. The van der Waals surface area contributed by atoms with Crippen molar-refractivity contribution in [3.8, 4) is 45.4 Å². The van der Waals surface area contributed by atoms with Crippen LogP contribution >= 0.6 is 11.6 Å². The molecule has 0 saturated carbocycles. The fourth-order valence-electron chi connectivity index (χ4n) is 5.60. The van der Waals surface area contributed by atoms with Gasteiger partial charge in [-0.15, -0.1) is 0 Å². The molecule has 1 aliphatic rings. The number of anilines is 3. The number of aromatic nitrogens is 1. The SMILES string of the molecule is COc1cc(OC)cc(-c2cc(-c3ccc(Cl)cc3)nc3c(N4c5ccccc5Oc5ccccc54)ccc(C)c23)c1. The van der Waals surface area contributed by atoms with E-state index in [9.17, 15) is 0 Å². The van der Waals surface area contributed by atoms with Crippen LogP contribution in [0.3, 0.4) is 0 Å². The van der Waals surface area contributed by atoms with Crippen molar-refractivity contribution in [3.63, 3.8) is 0 Å². The maximum atomic E-state index is 6.31. The highest BCUT2D eigenvalue weighted by atomic mass is 35.5. The Morgan fingerprint density at radius 1 is 0.667 bits per heavy atom. The van der Waals surface area contributed by atoms with Crippen molar-refractivity contribution in [2.75, 3.05) is 19.1 Å². The molecule has 0 aliphatic carbocycles. The second-order valence-electron chi connectivity index (χ2n) is 10.2. The van der Waals surface area contributed by atoms with Gasteiger partial charge >= 0.3 is 0 Å². The van der Waals surface area contributed by atoms with E-state index in [1.54, 1.807) is 14.2 Å². The molecule has 0 fully saturated rings. The summed E-state index contributed by atoms with van der Waals surface area (Å²) in [6.45, 7) is 2.12. The maximum Gasteiger partial charge on any atom is 0.151 e. The average molecular weight is 571 g/mol. The third-order valence-corrected chi connectivity index (χ3v) is 7.88. The predicted octanol–water partition coefficient (Wildman–Crippen LogP) is 10.1. The molecule has 0 saturated heterocycles. The molecule has 206 valence electrons. The molecule has 6 heteroatoms. The number of aryl methyl sites for hydroxylation is 1. The molecular weight excluding hydrogens is 544 g/mol. The van der Waals surface area contributed by atoms with Gasteiger partial charge in [-0.25, -0.2) is 4.98 Å². The number of fused-ring (bicyclic) bond motifs is 3. The first-order valence-corrected chi connectivity index (χ1v) is 14.0. The summed E-state index contributed by atoms with van der Waals surface area (Å²) in [5.74, 6) is 3.01. The van der Waals surface area contributed by atoms with Gasteiger partial charge in [0.15, 0.2) is 11.5 Å². The lowest BCUT2D eigenvalue weighted by molar-refractivity contribution is 0.394. The zero-order valence-corrected chi connectivity index (χ0v) is 24.1. The molecule has 0 radical (unpaired) electrons. The van der Waals surface area contributed by atoms with Crippen molar-refractivity contribution in [1.82, 2.24) is 4.98 Å². The summed E-state index contributed by atoms with van der Waals surface area (Å²) in [6, 6.07) is 36.4. The largest absolute Gasteiger partial charge is 0.497 e. The van der Waals surface area contributed by atoms with Crippen molar-refractivity contribution in [2.45, 2.75) is 6.92 Å². The van der Waals surface area contributed by atoms with Crippen LogP contribution in [0.25, 0.3) is 33.3 Å². The van der Waals surface area contributed by atoms with Crippen LogP contribution in [-0.4, -0.2) is 19.2 Å². The summed E-state index contributed by atoms with van der Waals surface area (Å²) in [6.07, 6.45) is 0. The van der Waals surface area contributed by atoms with E-state index in [1.165, 1.54) is 0 Å². The van der Waals surface area contributed by atoms with E-state index < -0.39 is 0 Å². The van der Waals surface area contributed by atoms with E-state index in [4.69, 9.17) is 30.8 Å². The summed E-state index contributed by atoms with van der Waals surface area (Å²) in [4.78, 5) is 7.58. The van der Waals surface area contributed by atoms with Gasteiger partial charge in [-0.2, -0.15) is 0 Å². The maximum absolute atomic E-state index is 6.31. The fraction of sp³-hybridized carbons (Fsp3) is 0.0833. The molecule has 1 aromatic heterocycles. The van der Waals surface area contributed by atoms with Crippen LogP contribution in [0, 0.1) is 6.92 Å². The molecule has 0 atom stereocenters. The van der Waals surface area contributed by atoms with Crippen molar-refractivity contribution in [2.24, 2.45) is 0 Å². The fourth-order valence-corrected chi connectivity index (χ4v) is 5.73. The number of ether oxygens (including phenoxy) is 3. The van der Waals surface area contributed by atoms with Gasteiger partial charge in [0, 0.05) is 22.0 Å². The molecule has 1 aliphatic heterocycles. The number of para-hydroxylation sites is 4. The highest BCUT2D eigenvalue weighted by Crippen LogP contribution is 2.52. The Labute approximate surface area is 249 Å².